The first kappa shape index (κ1) is 12.0. The first-order valence-electron chi connectivity index (χ1n) is 5.13. The van der Waals surface area contributed by atoms with Crippen LogP contribution < -0.4 is 10.5 Å². The van der Waals surface area contributed by atoms with Gasteiger partial charge in [0.15, 0.2) is 11.6 Å². The van der Waals surface area contributed by atoms with Crippen LogP contribution in [0.3, 0.4) is 0 Å². The van der Waals surface area contributed by atoms with Gasteiger partial charge in [0.2, 0.25) is 0 Å². The molecule has 0 amide bonds. The highest BCUT2D eigenvalue weighted by Crippen LogP contribution is 2.24. The molecule has 84 valence electrons. The Kier molecular flexibility index (Phi) is 4.09. The van der Waals surface area contributed by atoms with Gasteiger partial charge in [-0.3, -0.25) is 0 Å². The minimum absolute atomic E-state index is 0.0560. The molecule has 0 saturated carbocycles. The number of halogens is 1. The first-order chi connectivity index (χ1) is 7.04. The molecule has 0 fully saturated rings. The Morgan fingerprint density at radius 1 is 1.40 bits per heavy atom. The number of benzene rings is 1. The van der Waals surface area contributed by atoms with E-state index in [1.165, 1.54) is 13.2 Å². The fourth-order valence-corrected chi connectivity index (χ4v) is 1.55. The summed E-state index contributed by atoms with van der Waals surface area (Å²) < 4.78 is 18.0. The molecular weight excluding hydrogens is 193 g/mol. The lowest BCUT2D eigenvalue weighted by Gasteiger charge is -2.15. The summed E-state index contributed by atoms with van der Waals surface area (Å²) in [5.41, 5.74) is 6.91. The summed E-state index contributed by atoms with van der Waals surface area (Å²) in [5.74, 6) is 0.431. The maximum absolute atomic E-state index is 13.1. The summed E-state index contributed by atoms with van der Waals surface area (Å²) >= 11 is 0. The van der Waals surface area contributed by atoms with Crippen LogP contribution in [-0.2, 0) is 0 Å². The molecule has 0 aliphatic rings. The van der Waals surface area contributed by atoms with Crippen molar-refractivity contribution < 1.29 is 9.13 Å². The molecule has 0 radical (unpaired) electrons. The Morgan fingerprint density at radius 2 is 2.07 bits per heavy atom. The molecule has 0 heterocycles. The maximum Gasteiger partial charge on any atom is 0.165 e. The molecule has 1 aromatic rings. The van der Waals surface area contributed by atoms with Gasteiger partial charge in [0, 0.05) is 6.04 Å². The molecule has 0 aliphatic carbocycles. The Bertz CT molecular complexity index is 325. The second-order valence-corrected chi connectivity index (χ2v) is 4.13. The lowest BCUT2D eigenvalue weighted by molar-refractivity contribution is 0.384. The van der Waals surface area contributed by atoms with E-state index >= 15 is 0 Å². The summed E-state index contributed by atoms with van der Waals surface area (Å²) in [6, 6.07) is 4.72. The van der Waals surface area contributed by atoms with Gasteiger partial charge >= 0.3 is 0 Å². The van der Waals surface area contributed by atoms with Crippen molar-refractivity contribution in [2.24, 2.45) is 11.7 Å². The smallest absolute Gasteiger partial charge is 0.165 e. The van der Waals surface area contributed by atoms with Gasteiger partial charge in [-0.15, -0.1) is 0 Å². The van der Waals surface area contributed by atoms with E-state index in [0.29, 0.717) is 5.92 Å². The molecule has 15 heavy (non-hydrogen) atoms. The minimum atomic E-state index is -0.349. The molecule has 0 aliphatic heterocycles. The van der Waals surface area contributed by atoms with Gasteiger partial charge in [-0.05, 0) is 30.0 Å². The summed E-state index contributed by atoms with van der Waals surface area (Å²) in [5, 5.41) is 0. The van der Waals surface area contributed by atoms with Gasteiger partial charge in [0.05, 0.1) is 7.11 Å². The lowest BCUT2D eigenvalue weighted by atomic mass is 9.98. The first-order valence-corrected chi connectivity index (χ1v) is 5.13. The van der Waals surface area contributed by atoms with Crippen molar-refractivity contribution in [1.82, 2.24) is 0 Å². The van der Waals surface area contributed by atoms with Crippen LogP contribution in [0.4, 0.5) is 4.39 Å². The summed E-state index contributed by atoms with van der Waals surface area (Å²) in [4.78, 5) is 0. The topological polar surface area (TPSA) is 35.2 Å². The quantitative estimate of drug-likeness (QED) is 0.831. The SMILES string of the molecule is COc1cc([C@@H](N)CC(C)C)ccc1F. The van der Waals surface area contributed by atoms with Crippen LogP contribution in [0.2, 0.25) is 0 Å². The molecule has 0 spiro atoms. The molecule has 0 unspecified atom stereocenters. The van der Waals surface area contributed by atoms with Crippen LogP contribution in [0.5, 0.6) is 5.75 Å². The van der Waals surface area contributed by atoms with Crippen molar-refractivity contribution in [1.29, 1.82) is 0 Å². The summed E-state index contributed by atoms with van der Waals surface area (Å²) in [6.07, 6.45) is 0.884. The molecule has 2 N–H and O–H groups in total. The van der Waals surface area contributed by atoms with E-state index in [1.54, 1.807) is 12.1 Å². The van der Waals surface area contributed by atoms with Crippen molar-refractivity contribution >= 4 is 0 Å². The third-order valence-corrected chi connectivity index (χ3v) is 2.33. The van der Waals surface area contributed by atoms with Crippen LogP contribution >= 0.6 is 0 Å². The van der Waals surface area contributed by atoms with Crippen LogP contribution in [0, 0.1) is 11.7 Å². The molecule has 0 bridgehead atoms. The Hall–Kier alpha value is -1.09. The molecule has 3 heteroatoms. The molecule has 1 atom stereocenters. The molecule has 1 rings (SSSR count). The van der Waals surface area contributed by atoms with E-state index in [2.05, 4.69) is 13.8 Å². The highest BCUT2D eigenvalue weighted by molar-refractivity contribution is 5.32. The predicted molar refractivity (Wildman–Crippen MR) is 59.3 cm³/mol. The largest absolute Gasteiger partial charge is 0.494 e. The standard InChI is InChI=1S/C12H18FNO/c1-8(2)6-11(14)9-4-5-10(13)12(7-9)15-3/h4-5,7-8,11H,6,14H2,1-3H3/t11-/m0/s1. The summed E-state index contributed by atoms with van der Waals surface area (Å²) in [6.45, 7) is 4.22. The van der Waals surface area contributed by atoms with E-state index in [0.717, 1.165) is 12.0 Å². The number of hydrogen-bond acceptors (Lipinski definition) is 2. The van der Waals surface area contributed by atoms with Gasteiger partial charge in [0.1, 0.15) is 0 Å². The zero-order valence-corrected chi connectivity index (χ0v) is 9.46. The van der Waals surface area contributed by atoms with Crippen molar-refractivity contribution in [2.75, 3.05) is 7.11 Å². The Labute approximate surface area is 90.2 Å². The molecular formula is C12H18FNO. The monoisotopic (exact) mass is 211 g/mol. The number of hydrogen-bond donors (Lipinski definition) is 1. The number of methoxy groups -OCH3 is 1. The predicted octanol–water partition coefficient (Wildman–Crippen LogP) is 2.88. The minimum Gasteiger partial charge on any atom is -0.494 e. The van der Waals surface area contributed by atoms with Crippen LogP contribution in [0.25, 0.3) is 0 Å². The lowest BCUT2D eigenvalue weighted by Crippen LogP contribution is -2.13. The van der Waals surface area contributed by atoms with Crippen LogP contribution in [0.15, 0.2) is 18.2 Å². The third-order valence-electron chi connectivity index (χ3n) is 2.33. The van der Waals surface area contributed by atoms with Gasteiger partial charge in [-0.2, -0.15) is 0 Å². The van der Waals surface area contributed by atoms with Crippen molar-refractivity contribution in [3.63, 3.8) is 0 Å². The molecule has 0 aromatic heterocycles. The van der Waals surface area contributed by atoms with Crippen LogP contribution in [0.1, 0.15) is 31.9 Å². The highest BCUT2D eigenvalue weighted by atomic mass is 19.1. The normalized spacial score (nSPS) is 12.9. The third kappa shape index (κ3) is 3.20. The number of nitrogens with two attached hydrogens (primary N) is 1. The van der Waals surface area contributed by atoms with E-state index < -0.39 is 0 Å². The van der Waals surface area contributed by atoms with Crippen molar-refractivity contribution in [2.45, 2.75) is 26.3 Å². The van der Waals surface area contributed by atoms with Crippen molar-refractivity contribution in [3.05, 3.63) is 29.6 Å². The zero-order valence-electron chi connectivity index (χ0n) is 9.46. The fraction of sp³-hybridized carbons (Fsp3) is 0.500. The average Bonchev–Trinajstić information content (AvgIpc) is 2.17. The van der Waals surface area contributed by atoms with Gasteiger partial charge < -0.3 is 10.5 Å². The molecule has 1 aromatic carbocycles. The van der Waals surface area contributed by atoms with Crippen LogP contribution in [-0.4, -0.2) is 7.11 Å². The fourth-order valence-electron chi connectivity index (χ4n) is 1.55. The van der Waals surface area contributed by atoms with E-state index in [1.807, 2.05) is 0 Å². The second-order valence-electron chi connectivity index (χ2n) is 4.13. The Morgan fingerprint density at radius 3 is 2.60 bits per heavy atom. The molecule has 2 nitrogen and oxygen atoms in total. The maximum atomic E-state index is 13.1. The van der Waals surface area contributed by atoms with Gasteiger partial charge in [-0.1, -0.05) is 19.9 Å². The molecule has 0 saturated heterocycles. The summed E-state index contributed by atoms with van der Waals surface area (Å²) in [7, 11) is 1.45. The Balaban J connectivity index is 2.85. The van der Waals surface area contributed by atoms with E-state index in [9.17, 15) is 4.39 Å². The average molecular weight is 211 g/mol. The number of rotatable bonds is 4. The van der Waals surface area contributed by atoms with E-state index in [-0.39, 0.29) is 17.6 Å². The second kappa shape index (κ2) is 5.12. The zero-order chi connectivity index (χ0) is 11.4. The highest BCUT2D eigenvalue weighted by Gasteiger charge is 2.11. The van der Waals surface area contributed by atoms with E-state index in [4.69, 9.17) is 10.5 Å². The van der Waals surface area contributed by atoms with Crippen molar-refractivity contribution in [3.8, 4) is 5.75 Å². The van der Waals surface area contributed by atoms with Gasteiger partial charge in [0.25, 0.3) is 0 Å². The number of ether oxygens (including phenoxy) is 1. The van der Waals surface area contributed by atoms with Gasteiger partial charge in [-0.25, -0.2) is 4.39 Å².